The van der Waals surface area contributed by atoms with Gasteiger partial charge in [-0.15, -0.1) is 11.3 Å². The molecule has 0 atom stereocenters. The highest BCUT2D eigenvalue weighted by Crippen LogP contribution is 2.29. The number of aryl methyl sites for hydroxylation is 1. The van der Waals surface area contributed by atoms with Gasteiger partial charge in [0.25, 0.3) is 5.91 Å². The predicted molar refractivity (Wildman–Crippen MR) is 155 cm³/mol. The van der Waals surface area contributed by atoms with E-state index in [1.165, 1.54) is 11.3 Å². The third-order valence-corrected chi connectivity index (χ3v) is 7.50. The van der Waals surface area contributed by atoms with Crippen LogP contribution in [0.1, 0.15) is 34.9 Å². The van der Waals surface area contributed by atoms with Gasteiger partial charge in [0, 0.05) is 50.9 Å². The fourth-order valence-electron chi connectivity index (χ4n) is 4.55. The summed E-state index contributed by atoms with van der Waals surface area (Å²) in [7, 11) is 1.61. The second kappa shape index (κ2) is 14.0. The largest absolute Gasteiger partial charge is 0.492 e. The Morgan fingerprint density at radius 2 is 1.79 bits per heavy atom. The minimum absolute atomic E-state index is 0.0833. The molecule has 1 aliphatic rings. The minimum Gasteiger partial charge on any atom is -0.492 e. The van der Waals surface area contributed by atoms with Crippen LogP contribution in [0.25, 0.3) is 0 Å². The first kappa shape index (κ1) is 28.4. The van der Waals surface area contributed by atoms with Crippen molar-refractivity contribution >= 4 is 34.6 Å². The monoisotopic (exact) mass is 551 g/mol. The van der Waals surface area contributed by atoms with Gasteiger partial charge in [-0.25, -0.2) is 9.78 Å². The first-order valence-electron chi connectivity index (χ1n) is 13.4. The van der Waals surface area contributed by atoms with E-state index in [-0.39, 0.29) is 11.9 Å². The average Bonchev–Trinajstić information content (AvgIpc) is 3.44. The molecule has 9 nitrogen and oxygen atoms in total. The number of methoxy groups -OCH3 is 1. The first-order chi connectivity index (χ1) is 19.0. The summed E-state index contributed by atoms with van der Waals surface area (Å²) in [6.45, 7) is 8.39. The summed E-state index contributed by atoms with van der Waals surface area (Å²) in [4.78, 5) is 36.7. The Balaban J connectivity index is 1.37. The quantitative estimate of drug-likeness (QED) is 0.370. The number of urea groups is 1. The molecule has 0 spiro atoms. The number of aromatic nitrogens is 1. The molecule has 0 aliphatic carbocycles. The molecule has 0 saturated carbocycles. The number of carbonyl (C=O) groups is 2. The number of piperazine rings is 1. The summed E-state index contributed by atoms with van der Waals surface area (Å²) >= 11 is 1.39. The lowest BCUT2D eigenvalue weighted by Gasteiger charge is -2.36. The molecule has 2 aromatic carbocycles. The van der Waals surface area contributed by atoms with Crippen LogP contribution in [0.15, 0.2) is 53.9 Å². The molecule has 39 heavy (non-hydrogen) atoms. The highest BCUT2D eigenvalue weighted by atomic mass is 32.1. The lowest BCUT2D eigenvalue weighted by Crippen LogP contribution is -2.49. The van der Waals surface area contributed by atoms with Crippen LogP contribution in [0.3, 0.4) is 0 Å². The standard InChI is InChI=1S/C29H37N5O4S/c1-4-22-10-6-7-11-23(22)31-29(36)34(18-19-37-3)20-27-30-24(21-39-27)28(35)33-16-14-32(15-17-33)25-12-8-9-13-26(25)38-5-2/h6-13,21H,4-5,14-20H2,1-3H3,(H,31,36). The van der Waals surface area contributed by atoms with Gasteiger partial charge < -0.3 is 29.5 Å². The third kappa shape index (κ3) is 7.27. The molecule has 1 fully saturated rings. The Kier molecular flexibility index (Phi) is 10.2. The van der Waals surface area contributed by atoms with Gasteiger partial charge in [-0.2, -0.15) is 0 Å². The third-order valence-electron chi connectivity index (χ3n) is 6.66. The smallest absolute Gasteiger partial charge is 0.322 e. The maximum Gasteiger partial charge on any atom is 0.322 e. The van der Waals surface area contributed by atoms with E-state index < -0.39 is 0 Å². The van der Waals surface area contributed by atoms with E-state index in [0.717, 1.165) is 42.2 Å². The fraction of sp³-hybridized carbons (Fsp3) is 0.414. The lowest BCUT2D eigenvalue weighted by molar-refractivity contribution is 0.0741. The van der Waals surface area contributed by atoms with Crippen molar-refractivity contribution in [2.24, 2.45) is 0 Å². The number of amides is 3. The van der Waals surface area contributed by atoms with Crippen LogP contribution in [0, 0.1) is 0 Å². The van der Waals surface area contributed by atoms with Gasteiger partial charge in [0.05, 0.1) is 25.4 Å². The number of anilines is 2. The van der Waals surface area contributed by atoms with Crippen molar-refractivity contribution in [2.75, 3.05) is 63.3 Å². The van der Waals surface area contributed by atoms with Crippen molar-refractivity contribution < 1.29 is 19.1 Å². The molecule has 0 bridgehead atoms. The number of nitrogens with one attached hydrogen (secondary N) is 1. The summed E-state index contributed by atoms with van der Waals surface area (Å²) in [6, 6.07) is 15.6. The molecule has 3 aromatic rings. The number of carbonyl (C=O) groups excluding carboxylic acids is 2. The topological polar surface area (TPSA) is 87.2 Å². The van der Waals surface area contributed by atoms with E-state index in [1.54, 1.807) is 17.4 Å². The summed E-state index contributed by atoms with van der Waals surface area (Å²) in [5.41, 5.74) is 3.34. The highest BCUT2D eigenvalue weighted by molar-refractivity contribution is 7.09. The second-order valence-electron chi connectivity index (χ2n) is 9.16. The van der Waals surface area contributed by atoms with Crippen molar-refractivity contribution in [1.29, 1.82) is 0 Å². The van der Waals surface area contributed by atoms with Gasteiger partial charge in [0.2, 0.25) is 0 Å². The number of ether oxygens (including phenoxy) is 2. The zero-order valence-corrected chi connectivity index (χ0v) is 23.7. The number of hydrogen-bond acceptors (Lipinski definition) is 7. The van der Waals surface area contributed by atoms with Crippen LogP contribution >= 0.6 is 11.3 Å². The van der Waals surface area contributed by atoms with Crippen molar-refractivity contribution in [3.8, 4) is 5.75 Å². The molecule has 208 valence electrons. The van der Waals surface area contributed by atoms with Crippen molar-refractivity contribution in [3.05, 3.63) is 70.2 Å². The van der Waals surface area contributed by atoms with Crippen LogP contribution in [-0.2, 0) is 17.7 Å². The Morgan fingerprint density at radius 3 is 2.54 bits per heavy atom. The van der Waals surface area contributed by atoms with E-state index in [1.807, 2.05) is 54.3 Å². The van der Waals surface area contributed by atoms with Crippen LogP contribution < -0.4 is 15.0 Å². The Hall–Kier alpha value is -3.63. The maximum absolute atomic E-state index is 13.2. The molecule has 1 N–H and O–H groups in total. The zero-order valence-electron chi connectivity index (χ0n) is 22.9. The molecule has 1 aromatic heterocycles. The van der Waals surface area contributed by atoms with Gasteiger partial charge >= 0.3 is 6.03 Å². The number of rotatable bonds is 11. The predicted octanol–water partition coefficient (Wildman–Crippen LogP) is 4.75. The van der Waals surface area contributed by atoms with Crippen molar-refractivity contribution in [1.82, 2.24) is 14.8 Å². The molecular formula is C29H37N5O4S. The fourth-order valence-corrected chi connectivity index (χ4v) is 5.33. The average molecular weight is 552 g/mol. The van der Waals surface area contributed by atoms with Gasteiger partial charge in [0.1, 0.15) is 16.5 Å². The van der Waals surface area contributed by atoms with Crippen LogP contribution in [0.2, 0.25) is 0 Å². The van der Waals surface area contributed by atoms with E-state index in [2.05, 4.69) is 28.2 Å². The van der Waals surface area contributed by atoms with Crippen LogP contribution in [0.4, 0.5) is 16.2 Å². The van der Waals surface area contributed by atoms with E-state index >= 15 is 0 Å². The summed E-state index contributed by atoms with van der Waals surface area (Å²) in [5, 5.41) is 5.51. The van der Waals surface area contributed by atoms with Crippen LogP contribution in [0.5, 0.6) is 5.75 Å². The number of hydrogen-bond donors (Lipinski definition) is 1. The number of para-hydroxylation sites is 3. The molecule has 2 heterocycles. The maximum atomic E-state index is 13.2. The molecule has 10 heteroatoms. The van der Waals surface area contributed by atoms with Crippen LogP contribution in [-0.4, -0.2) is 79.8 Å². The normalized spacial score (nSPS) is 13.3. The Bertz CT molecular complexity index is 1240. The molecule has 0 unspecified atom stereocenters. The lowest BCUT2D eigenvalue weighted by atomic mass is 10.1. The Morgan fingerprint density at radius 1 is 1.05 bits per heavy atom. The summed E-state index contributed by atoms with van der Waals surface area (Å²) < 4.78 is 11.0. The Labute approximate surface area is 234 Å². The summed E-state index contributed by atoms with van der Waals surface area (Å²) in [6.07, 6.45) is 0.819. The molecular weight excluding hydrogens is 514 g/mol. The molecule has 1 aliphatic heterocycles. The number of thiazole rings is 1. The molecule has 0 radical (unpaired) electrons. The zero-order chi connectivity index (χ0) is 27.6. The molecule has 4 rings (SSSR count). The first-order valence-corrected chi connectivity index (χ1v) is 14.2. The second-order valence-corrected chi connectivity index (χ2v) is 10.1. The van der Waals surface area contributed by atoms with E-state index in [0.29, 0.717) is 50.1 Å². The van der Waals surface area contributed by atoms with Crippen molar-refractivity contribution in [3.63, 3.8) is 0 Å². The van der Waals surface area contributed by atoms with Gasteiger partial charge in [0.15, 0.2) is 0 Å². The van der Waals surface area contributed by atoms with Gasteiger partial charge in [-0.1, -0.05) is 37.3 Å². The van der Waals surface area contributed by atoms with E-state index in [9.17, 15) is 9.59 Å². The van der Waals surface area contributed by atoms with E-state index in [4.69, 9.17) is 9.47 Å². The van der Waals surface area contributed by atoms with Crippen molar-refractivity contribution in [2.45, 2.75) is 26.8 Å². The van der Waals surface area contributed by atoms with Gasteiger partial charge in [-0.05, 0) is 37.1 Å². The minimum atomic E-state index is -0.223. The number of benzene rings is 2. The summed E-state index contributed by atoms with van der Waals surface area (Å²) in [5.74, 6) is 0.782. The number of nitrogens with zero attached hydrogens (tertiary/aromatic N) is 4. The SMILES string of the molecule is CCOc1ccccc1N1CCN(C(=O)c2csc(CN(CCOC)C(=O)Nc3ccccc3CC)n2)CC1. The molecule has 1 saturated heterocycles. The van der Waals surface area contributed by atoms with Gasteiger partial charge in [-0.3, -0.25) is 4.79 Å². The highest BCUT2D eigenvalue weighted by Gasteiger charge is 2.26. The molecule has 3 amide bonds.